The van der Waals surface area contributed by atoms with Crippen LogP contribution < -0.4 is 9.83 Å². The van der Waals surface area contributed by atoms with Crippen LogP contribution in [0, 0.1) is 5.41 Å². The Labute approximate surface area is 296 Å². The Hall–Kier alpha value is -3.92. The van der Waals surface area contributed by atoms with E-state index in [2.05, 4.69) is 105 Å². The van der Waals surface area contributed by atoms with Gasteiger partial charge in [0.15, 0.2) is 8.30 Å². The zero-order valence-electron chi connectivity index (χ0n) is 28.2. The van der Waals surface area contributed by atoms with Crippen LogP contribution in [0.1, 0.15) is 40.2 Å². The van der Waals surface area contributed by atoms with Crippen LogP contribution >= 0.6 is 8.30 Å². The Balaban J connectivity index is 0.000000252. The van der Waals surface area contributed by atoms with Gasteiger partial charge in [0.2, 0.25) is 0 Å². The zero-order chi connectivity index (χ0) is 33.0. The summed E-state index contributed by atoms with van der Waals surface area (Å²) in [4.78, 5) is 4.60. The number of rotatable bonds is 8. The number of fused-ring (bicyclic) bond motifs is 2. The molecule has 0 saturated carbocycles. The van der Waals surface area contributed by atoms with E-state index in [1.165, 1.54) is 5.30 Å². The summed E-state index contributed by atoms with van der Waals surface area (Å²) < 4.78 is 14.8. The second-order valence-corrected chi connectivity index (χ2v) is 14.6. The van der Waals surface area contributed by atoms with Crippen molar-refractivity contribution >= 4 is 41.0 Å². The first-order valence-electron chi connectivity index (χ1n) is 16.4. The number of hydrogen-bond donors (Lipinski definition) is 1. The molecule has 48 heavy (non-hydrogen) atoms. The Morgan fingerprint density at radius 2 is 1.44 bits per heavy atom. The zero-order valence-corrected chi connectivity index (χ0v) is 30.2. The van der Waals surface area contributed by atoms with Crippen molar-refractivity contribution in [3.05, 3.63) is 127 Å². The third-order valence-electron chi connectivity index (χ3n) is 8.65. The molecular formula is C41H43FeN2O3P. The second kappa shape index (κ2) is 15.5. The molecule has 0 fully saturated rings. The number of phenols is 1. The second-order valence-electron chi connectivity index (χ2n) is 12.8. The number of nitrogens with zero attached hydrogens (tertiary/aromatic N) is 2. The van der Waals surface area contributed by atoms with Crippen molar-refractivity contribution in [1.29, 1.82) is 0 Å². The van der Waals surface area contributed by atoms with Crippen LogP contribution in [-0.2, 0) is 21.8 Å². The van der Waals surface area contributed by atoms with Gasteiger partial charge in [-0.2, -0.15) is 30.3 Å². The van der Waals surface area contributed by atoms with E-state index in [-0.39, 0.29) is 34.3 Å². The van der Waals surface area contributed by atoms with E-state index in [9.17, 15) is 5.11 Å². The van der Waals surface area contributed by atoms with Gasteiger partial charge in [0.05, 0.1) is 12.6 Å². The average molecular weight is 699 g/mol. The van der Waals surface area contributed by atoms with E-state index >= 15 is 0 Å². The smallest absolute Gasteiger partial charge is 0.518 e. The van der Waals surface area contributed by atoms with Crippen molar-refractivity contribution in [1.82, 2.24) is 4.67 Å². The molecule has 2 atom stereocenters. The minimum absolute atomic E-state index is 0. The Morgan fingerprint density at radius 1 is 0.812 bits per heavy atom. The summed E-state index contributed by atoms with van der Waals surface area (Å²) in [6.07, 6.45) is 0. The molecular weight excluding hydrogens is 655 g/mol. The number of aromatic hydroxyl groups is 1. The average Bonchev–Trinajstić information content (AvgIpc) is 3.89. The molecule has 1 aliphatic rings. The number of benzene rings is 4. The largest absolute Gasteiger partial charge is 2.00 e. The van der Waals surface area contributed by atoms with Crippen molar-refractivity contribution in [3.63, 3.8) is 0 Å². The maximum atomic E-state index is 11.1. The molecule has 0 unspecified atom stereocenters. The van der Waals surface area contributed by atoms with Crippen molar-refractivity contribution in [2.75, 3.05) is 19.7 Å². The normalized spacial score (nSPS) is 15.0. The van der Waals surface area contributed by atoms with Gasteiger partial charge < -0.3 is 14.4 Å². The van der Waals surface area contributed by atoms with Crippen LogP contribution in [0.4, 0.5) is 0 Å². The molecule has 0 saturated heterocycles. The molecule has 248 valence electrons. The molecule has 0 spiro atoms. The molecule has 7 rings (SSSR count). The number of aliphatic imine (C=N–C) groups is 1. The molecule has 6 aromatic carbocycles. The van der Waals surface area contributed by atoms with E-state index < -0.39 is 8.30 Å². The van der Waals surface area contributed by atoms with Gasteiger partial charge in [-0.3, -0.25) is 4.99 Å². The van der Waals surface area contributed by atoms with Crippen LogP contribution in [0.25, 0.3) is 32.7 Å². The number of hydrogen-bond acceptors (Lipinski definition) is 5. The number of ether oxygens (including phenoxy) is 1. The quantitative estimate of drug-likeness (QED) is 0.0977. The van der Waals surface area contributed by atoms with Gasteiger partial charge in [0, 0.05) is 24.2 Å². The topological polar surface area (TPSA) is 54.3 Å². The summed E-state index contributed by atoms with van der Waals surface area (Å²) in [6.45, 7) is 13.4. The molecule has 0 aliphatic carbocycles. The molecule has 5 nitrogen and oxygen atoms in total. The summed E-state index contributed by atoms with van der Waals surface area (Å²) in [5.74, 6) is 1.85. The maximum absolute atomic E-state index is 11.1. The first-order chi connectivity index (χ1) is 22.8. The summed E-state index contributed by atoms with van der Waals surface area (Å²) >= 11 is 0. The summed E-state index contributed by atoms with van der Waals surface area (Å²) in [5.41, 5.74) is 3.04. The van der Waals surface area contributed by atoms with Crippen LogP contribution in [0.2, 0.25) is 0 Å². The fourth-order valence-corrected chi connectivity index (χ4v) is 7.77. The minimum atomic E-state index is -1.02. The molecule has 0 amide bonds. The Bertz CT molecular complexity index is 1960. The predicted octanol–water partition coefficient (Wildman–Crippen LogP) is 10.0. The summed E-state index contributed by atoms with van der Waals surface area (Å²) in [7, 11) is -1.02. The van der Waals surface area contributed by atoms with E-state index in [0.717, 1.165) is 63.0 Å². The minimum Gasteiger partial charge on any atom is -0.518 e. The van der Waals surface area contributed by atoms with Gasteiger partial charge in [0.25, 0.3) is 0 Å². The van der Waals surface area contributed by atoms with Gasteiger partial charge in [-0.05, 0) is 39.1 Å². The van der Waals surface area contributed by atoms with Crippen molar-refractivity contribution in [2.45, 2.75) is 40.7 Å². The number of phenolic OH excluding ortho intramolecular Hbond substituents is 1. The molecule has 0 radical (unpaired) electrons. The van der Waals surface area contributed by atoms with Crippen molar-refractivity contribution in [2.24, 2.45) is 10.4 Å². The van der Waals surface area contributed by atoms with Gasteiger partial charge in [-0.25, -0.2) is 16.8 Å². The summed E-state index contributed by atoms with van der Waals surface area (Å²) in [5, 5.41) is 16.6. The Kier molecular flexibility index (Phi) is 11.5. The van der Waals surface area contributed by atoms with Crippen LogP contribution in [0.3, 0.4) is 0 Å². The first kappa shape index (κ1) is 35.4. The first-order valence-corrected chi connectivity index (χ1v) is 17.6. The molecule has 1 heterocycles. The molecule has 0 bridgehead atoms. The monoisotopic (exact) mass is 698 g/mol. The van der Waals surface area contributed by atoms with Crippen molar-refractivity contribution in [3.8, 4) is 22.6 Å². The van der Waals surface area contributed by atoms with E-state index in [1.54, 1.807) is 6.07 Å². The fraction of sp³-hybridized carbons (Fsp3) is 0.244. The van der Waals surface area contributed by atoms with Crippen LogP contribution in [-0.4, -0.2) is 41.4 Å². The van der Waals surface area contributed by atoms with E-state index in [0.29, 0.717) is 6.61 Å². The fourth-order valence-electron chi connectivity index (χ4n) is 5.94. The van der Waals surface area contributed by atoms with Gasteiger partial charge in [0.1, 0.15) is 17.4 Å². The Morgan fingerprint density at radius 3 is 2.02 bits per heavy atom. The molecule has 7 heteroatoms. The van der Waals surface area contributed by atoms with Gasteiger partial charge in [-0.15, -0.1) is 6.07 Å². The molecule has 6 aromatic rings. The predicted molar refractivity (Wildman–Crippen MR) is 198 cm³/mol. The summed E-state index contributed by atoms with van der Waals surface area (Å²) in [6, 6.07) is 41.2. The third-order valence-corrected chi connectivity index (χ3v) is 10.8. The molecule has 0 aromatic heterocycles. The van der Waals surface area contributed by atoms with Crippen molar-refractivity contribution < 1.29 is 31.4 Å². The maximum Gasteiger partial charge on any atom is 2.00 e. The van der Waals surface area contributed by atoms with E-state index in [1.807, 2.05) is 54.6 Å². The molecule has 1 aliphatic heterocycles. The van der Waals surface area contributed by atoms with Gasteiger partial charge in [-0.1, -0.05) is 106 Å². The van der Waals surface area contributed by atoms with Crippen LogP contribution in [0.5, 0.6) is 11.5 Å². The third kappa shape index (κ3) is 7.53. The standard InChI is InChI=1S/C29H27NO2P.C12H16NO.Fe/c1-3-30(4-2)33(23-13-7-8-14-23)32-27-20-18-22-12-6-10-16-25(22)29(27)28-24-15-9-5-11-21(24)17-19-26(28)31;1-12(2,3)10-8-14-11(13-10)9-6-4-5-7-9;/h5-20,31H,3-4H2,1-2H3;4-7,10H,8H2,1-3H3;/q2*-1;+2/t33-;10-;/m01./s1. The SMILES string of the molecule is CC(C)(C)[C@H]1COC(c2ccc[cH-]2)=N1.CCN(CC)[P@@](Oc1ccc2ccccc2c1-c1c(O)ccc2ccccc12)c1ccc[cH-]1.[Fe+2]. The molecule has 1 N–H and O–H groups in total. The van der Waals surface area contributed by atoms with E-state index in [4.69, 9.17) is 9.26 Å². The van der Waals surface area contributed by atoms with Gasteiger partial charge >= 0.3 is 17.1 Å². The van der Waals surface area contributed by atoms with Crippen LogP contribution in [0.15, 0.2) is 126 Å².